The van der Waals surface area contributed by atoms with Gasteiger partial charge in [0, 0.05) is 24.3 Å². The van der Waals surface area contributed by atoms with Crippen LogP contribution in [0.3, 0.4) is 0 Å². The Kier molecular flexibility index (Phi) is 4.63. The first-order valence-corrected chi connectivity index (χ1v) is 11.2. The van der Waals surface area contributed by atoms with Crippen LogP contribution in [0.2, 0.25) is 0 Å². The van der Waals surface area contributed by atoms with Crippen molar-refractivity contribution in [2.45, 2.75) is 69.2 Å². The normalized spacial score (nSPS) is 24.3. The van der Waals surface area contributed by atoms with Crippen molar-refractivity contribution >= 4 is 17.6 Å². The van der Waals surface area contributed by atoms with Crippen molar-refractivity contribution in [2.75, 3.05) is 11.1 Å². The van der Waals surface area contributed by atoms with Gasteiger partial charge in [-0.25, -0.2) is 4.68 Å². The molecule has 2 aliphatic carbocycles. The third-order valence-electron chi connectivity index (χ3n) is 6.08. The third kappa shape index (κ3) is 3.49. The molecule has 0 unspecified atom stereocenters. The van der Waals surface area contributed by atoms with Gasteiger partial charge in [-0.15, -0.1) is 5.10 Å². The molecule has 0 bridgehead atoms. The smallest absolute Gasteiger partial charge is 0.267 e. The van der Waals surface area contributed by atoms with Gasteiger partial charge in [0.25, 0.3) is 5.56 Å². The standard InChI is InChI=1S/C20H25N5OS/c26-20-11-13-2-1-3-18(13)24-25(20)16-6-4-15(5-7-16)21-19-10-14-12-27-9-8-17(14)22-23-19/h10-11,15-16H,1-9,12H2,(H,21,23). The highest BCUT2D eigenvalue weighted by molar-refractivity contribution is 7.98. The average molecular weight is 384 g/mol. The molecular weight excluding hydrogens is 358 g/mol. The van der Waals surface area contributed by atoms with Crippen LogP contribution in [-0.4, -0.2) is 31.8 Å². The summed E-state index contributed by atoms with van der Waals surface area (Å²) in [6.45, 7) is 0. The lowest BCUT2D eigenvalue weighted by Crippen LogP contribution is -2.34. The van der Waals surface area contributed by atoms with E-state index in [1.807, 2.05) is 17.8 Å². The van der Waals surface area contributed by atoms with Crippen LogP contribution in [0.4, 0.5) is 5.82 Å². The van der Waals surface area contributed by atoms with E-state index in [9.17, 15) is 4.79 Å². The largest absolute Gasteiger partial charge is 0.366 e. The first-order chi connectivity index (χ1) is 13.3. The van der Waals surface area contributed by atoms with Gasteiger partial charge in [-0.3, -0.25) is 4.79 Å². The number of hydrogen-bond acceptors (Lipinski definition) is 6. The number of anilines is 1. The van der Waals surface area contributed by atoms with Crippen LogP contribution in [0, 0.1) is 0 Å². The van der Waals surface area contributed by atoms with Gasteiger partial charge in [0.05, 0.1) is 17.4 Å². The molecule has 0 aromatic carbocycles. The zero-order valence-electron chi connectivity index (χ0n) is 15.5. The lowest BCUT2D eigenvalue weighted by molar-refractivity contribution is 0.301. The Morgan fingerprint density at radius 2 is 1.89 bits per heavy atom. The van der Waals surface area contributed by atoms with E-state index in [2.05, 4.69) is 21.6 Å². The van der Waals surface area contributed by atoms with E-state index in [-0.39, 0.29) is 11.6 Å². The summed E-state index contributed by atoms with van der Waals surface area (Å²) in [6.07, 6.45) is 8.21. The van der Waals surface area contributed by atoms with Crippen molar-refractivity contribution in [2.24, 2.45) is 0 Å². The Hall–Kier alpha value is -1.89. The minimum absolute atomic E-state index is 0.0742. The predicted molar refractivity (Wildman–Crippen MR) is 107 cm³/mol. The van der Waals surface area contributed by atoms with Crippen molar-refractivity contribution in [3.8, 4) is 0 Å². The Bertz CT molecular complexity index is 904. The maximum atomic E-state index is 12.5. The fraction of sp³-hybridized carbons (Fsp3) is 0.600. The molecule has 5 rings (SSSR count). The molecule has 3 aliphatic rings. The molecule has 0 saturated heterocycles. The number of nitrogens with zero attached hydrogens (tertiary/aromatic N) is 4. The first-order valence-electron chi connectivity index (χ1n) is 10.1. The topological polar surface area (TPSA) is 72.7 Å². The van der Waals surface area contributed by atoms with E-state index in [1.54, 1.807) is 4.68 Å². The highest BCUT2D eigenvalue weighted by atomic mass is 32.2. The van der Waals surface area contributed by atoms with E-state index in [4.69, 9.17) is 5.10 Å². The van der Waals surface area contributed by atoms with Crippen LogP contribution in [0.5, 0.6) is 0 Å². The van der Waals surface area contributed by atoms with Crippen molar-refractivity contribution in [3.05, 3.63) is 45.0 Å². The van der Waals surface area contributed by atoms with Gasteiger partial charge in [-0.05, 0) is 67.9 Å². The SMILES string of the molecule is O=c1cc2c(nn1C1CCC(Nc3cc4c(nn3)CCSC4)CC1)CCC2. The number of aryl methyl sites for hydroxylation is 3. The van der Waals surface area contributed by atoms with Gasteiger partial charge in [0.1, 0.15) is 5.82 Å². The molecule has 1 saturated carbocycles. The Labute approximate surface area is 163 Å². The fourth-order valence-corrected chi connectivity index (χ4v) is 5.52. The van der Waals surface area contributed by atoms with Crippen LogP contribution in [0.1, 0.15) is 60.7 Å². The number of aromatic nitrogens is 4. The Balaban J connectivity index is 1.24. The second-order valence-corrected chi connectivity index (χ2v) is 9.01. The highest BCUT2D eigenvalue weighted by Crippen LogP contribution is 2.30. The molecule has 6 nitrogen and oxygen atoms in total. The van der Waals surface area contributed by atoms with E-state index < -0.39 is 0 Å². The summed E-state index contributed by atoms with van der Waals surface area (Å²) in [5.74, 6) is 3.08. The van der Waals surface area contributed by atoms with Crippen molar-refractivity contribution in [3.63, 3.8) is 0 Å². The summed E-state index contributed by atoms with van der Waals surface area (Å²) in [6, 6.07) is 4.62. The van der Waals surface area contributed by atoms with Gasteiger partial charge < -0.3 is 5.32 Å². The van der Waals surface area contributed by atoms with Gasteiger partial charge >= 0.3 is 0 Å². The van der Waals surface area contributed by atoms with E-state index in [0.717, 1.165) is 85.6 Å². The second-order valence-electron chi connectivity index (χ2n) is 7.91. The molecule has 27 heavy (non-hydrogen) atoms. The maximum absolute atomic E-state index is 12.5. The molecule has 1 fully saturated rings. The molecule has 1 N–H and O–H groups in total. The van der Waals surface area contributed by atoms with Crippen LogP contribution in [-0.2, 0) is 25.0 Å². The quantitative estimate of drug-likeness (QED) is 0.879. The molecule has 142 valence electrons. The summed E-state index contributed by atoms with van der Waals surface area (Å²) in [4.78, 5) is 12.5. The summed E-state index contributed by atoms with van der Waals surface area (Å²) in [5, 5.41) is 17.1. The zero-order chi connectivity index (χ0) is 18.2. The van der Waals surface area contributed by atoms with E-state index in [0.29, 0.717) is 6.04 Å². The summed E-state index contributed by atoms with van der Waals surface area (Å²) in [5.41, 5.74) is 4.86. The second kappa shape index (κ2) is 7.26. The van der Waals surface area contributed by atoms with Crippen molar-refractivity contribution in [1.29, 1.82) is 0 Å². The molecule has 0 spiro atoms. The summed E-state index contributed by atoms with van der Waals surface area (Å²) in [7, 11) is 0. The van der Waals surface area contributed by atoms with Crippen molar-refractivity contribution < 1.29 is 0 Å². The molecule has 2 aromatic rings. The highest BCUT2D eigenvalue weighted by Gasteiger charge is 2.26. The zero-order valence-corrected chi connectivity index (χ0v) is 16.3. The fourth-order valence-electron chi connectivity index (χ4n) is 4.56. The molecule has 0 atom stereocenters. The Morgan fingerprint density at radius 3 is 2.78 bits per heavy atom. The third-order valence-corrected chi connectivity index (χ3v) is 7.09. The van der Waals surface area contributed by atoms with Gasteiger partial charge in [-0.2, -0.15) is 22.0 Å². The molecule has 7 heteroatoms. The lowest BCUT2D eigenvalue weighted by Gasteiger charge is -2.30. The lowest BCUT2D eigenvalue weighted by atomic mass is 9.91. The predicted octanol–water partition coefficient (Wildman–Crippen LogP) is 2.91. The molecule has 2 aromatic heterocycles. The maximum Gasteiger partial charge on any atom is 0.267 e. The Morgan fingerprint density at radius 1 is 1.00 bits per heavy atom. The monoisotopic (exact) mass is 383 g/mol. The van der Waals surface area contributed by atoms with Gasteiger partial charge in [-0.1, -0.05) is 0 Å². The van der Waals surface area contributed by atoms with Crippen molar-refractivity contribution in [1.82, 2.24) is 20.0 Å². The minimum Gasteiger partial charge on any atom is -0.366 e. The van der Waals surface area contributed by atoms with E-state index in [1.165, 1.54) is 5.56 Å². The molecular formula is C20H25N5OS. The molecule has 1 aliphatic heterocycles. The molecule has 0 radical (unpaired) electrons. The van der Waals surface area contributed by atoms with Crippen LogP contribution in [0.15, 0.2) is 16.9 Å². The van der Waals surface area contributed by atoms with Crippen LogP contribution < -0.4 is 10.9 Å². The average Bonchev–Trinajstić information content (AvgIpc) is 3.15. The molecule has 3 heterocycles. The first kappa shape index (κ1) is 17.2. The van der Waals surface area contributed by atoms with Crippen LogP contribution in [0.25, 0.3) is 0 Å². The minimum atomic E-state index is 0.0742. The van der Waals surface area contributed by atoms with E-state index >= 15 is 0 Å². The van der Waals surface area contributed by atoms with Gasteiger partial charge in [0.15, 0.2) is 0 Å². The number of hydrogen-bond donors (Lipinski definition) is 1. The summed E-state index contributed by atoms with van der Waals surface area (Å²) >= 11 is 1.97. The molecule has 0 amide bonds. The van der Waals surface area contributed by atoms with Gasteiger partial charge in [0.2, 0.25) is 0 Å². The van der Waals surface area contributed by atoms with Crippen LogP contribution >= 0.6 is 11.8 Å². The number of rotatable bonds is 3. The number of fused-ring (bicyclic) bond motifs is 2. The number of thioether (sulfide) groups is 1. The summed E-state index contributed by atoms with van der Waals surface area (Å²) < 4.78 is 1.76. The number of nitrogens with one attached hydrogen (secondary N) is 1.